The molecular weight excluding hydrogens is 607 g/mol. The molecule has 40 heavy (non-hydrogen) atoms. The minimum Gasteiger partial charge on any atom is -0.370 e. The van der Waals surface area contributed by atoms with Crippen LogP contribution in [0.2, 0.25) is 15.1 Å². The number of hydrogen-bond donors (Lipinski definition) is 2. The number of alkyl halides is 6. The van der Waals surface area contributed by atoms with Gasteiger partial charge in [-0.2, -0.15) is 26.3 Å². The highest BCUT2D eigenvalue weighted by Crippen LogP contribution is 2.40. The van der Waals surface area contributed by atoms with Crippen LogP contribution in [0.5, 0.6) is 0 Å². The van der Waals surface area contributed by atoms with Crippen LogP contribution < -0.4 is 15.5 Å². The molecule has 0 saturated carbocycles. The molecule has 1 aliphatic rings. The van der Waals surface area contributed by atoms with Crippen LogP contribution in [0.4, 0.5) is 43.7 Å². The van der Waals surface area contributed by atoms with Gasteiger partial charge >= 0.3 is 12.4 Å². The maximum absolute atomic E-state index is 13.4. The van der Waals surface area contributed by atoms with Crippen molar-refractivity contribution >= 4 is 69.1 Å². The molecule has 1 fully saturated rings. The number of anilines is 3. The minimum atomic E-state index is -4.68. The van der Waals surface area contributed by atoms with E-state index in [1.165, 1.54) is 12.1 Å². The van der Waals surface area contributed by atoms with Gasteiger partial charge in [0.1, 0.15) is 5.92 Å². The predicted molar refractivity (Wildman–Crippen MR) is 144 cm³/mol. The van der Waals surface area contributed by atoms with Crippen molar-refractivity contribution in [3.8, 4) is 0 Å². The summed E-state index contributed by atoms with van der Waals surface area (Å²) in [6.07, 6.45) is -8.55. The average molecular weight is 631 g/mol. The number of nitrogens with one attached hydrogen (secondary N) is 2. The van der Waals surface area contributed by atoms with Crippen LogP contribution in [0.3, 0.4) is 0 Å². The quantitative estimate of drug-likeness (QED) is 0.272. The lowest BCUT2D eigenvalue weighted by Gasteiger charge is -2.35. The van der Waals surface area contributed by atoms with E-state index in [0.717, 1.165) is 6.92 Å². The fraction of sp³-hybridized carbons (Fsp3) is 0.440. The molecule has 0 spiro atoms. The molecule has 1 aromatic heterocycles. The number of fused-ring (bicyclic) bond motifs is 1. The summed E-state index contributed by atoms with van der Waals surface area (Å²) >= 11 is 19.3. The lowest BCUT2D eigenvalue weighted by molar-refractivity contribution is -0.179. The highest BCUT2D eigenvalue weighted by atomic mass is 35.5. The number of carbonyl (C=O) groups excluding carboxylic acids is 1. The fourth-order valence-corrected chi connectivity index (χ4v) is 5.27. The van der Waals surface area contributed by atoms with Crippen molar-refractivity contribution < 1.29 is 31.1 Å². The molecule has 1 amide bonds. The highest BCUT2D eigenvalue weighted by molar-refractivity contribution is 6.39. The van der Waals surface area contributed by atoms with Gasteiger partial charge in [-0.25, -0.2) is 4.98 Å². The number of nitrogens with zero attached hydrogens (tertiary/aromatic N) is 3. The molecule has 1 aliphatic heterocycles. The van der Waals surface area contributed by atoms with Gasteiger partial charge < -0.3 is 20.1 Å². The first-order valence-corrected chi connectivity index (χ1v) is 13.3. The van der Waals surface area contributed by atoms with Gasteiger partial charge in [-0.3, -0.25) is 4.79 Å². The topological polar surface area (TPSA) is 62.2 Å². The van der Waals surface area contributed by atoms with Gasteiger partial charge in [-0.15, -0.1) is 0 Å². The second kappa shape index (κ2) is 11.4. The minimum absolute atomic E-state index is 0.0600. The zero-order valence-electron chi connectivity index (χ0n) is 21.2. The zero-order chi connectivity index (χ0) is 29.6. The standard InChI is InChI=1S/C25H24Cl3F6N5O/c1-12(24(29,30)31)22(40)35-10-13-5-6-15(26)21(20(13)28)37-23-36-17-8-16(27)18(9-19(17)38(23)2)39-7-3-4-14(11-39)25(32,33)34/h5-6,8-9,12,14H,3-4,7,10-11H2,1-2H3,(H,35,40)(H,36,37). The highest BCUT2D eigenvalue weighted by Gasteiger charge is 2.42. The van der Waals surface area contributed by atoms with Crippen LogP contribution in [0.25, 0.3) is 11.0 Å². The molecular formula is C25H24Cl3F6N5O. The van der Waals surface area contributed by atoms with Crippen molar-refractivity contribution in [2.45, 2.75) is 38.7 Å². The number of aryl methyl sites for hydroxylation is 1. The first kappa shape index (κ1) is 30.4. The van der Waals surface area contributed by atoms with Crippen molar-refractivity contribution in [1.29, 1.82) is 0 Å². The van der Waals surface area contributed by atoms with Crippen LogP contribution in [0, 0.1) is 11.8 Å². The molecule has 4 rings (SSSR count). The summed E-state index contributed by atoms with van der Waals surface area (Å²) in [5, 5.41) is 5.72. The number of piperidine rings is 1. The van der Waals surface area contributed by atoms with Crippen LogP contribution >= 0.6 is 34.8 Å². The van der Waals surface area contributed by atoms with Crippen LogP contribution in [-0.4, -0.2) is 40.9 Å². The van der Waals surface area contributed by atoms with E-state index in [4.69, 9.17) is 34.8 Å². The molecule has 2 unspecified atom stereocenters. The summed E-state index contributed by atoms with van der Waals surface area (Å²) in [6.45, 7) is 0.709. The van der Waals surface area contributed by atoms with Gasteiger partial charge in [0.2, 0.25) is 11.9 Å². The van der Waals surface area contributed by atoms with Gasteiger partial charge in [0, 0.05) is 26.7 Å². The van der Waals surface area contributed by atoms with E-state index in [9.17, 15) is 31.1 Å². The molecule has 0 aliphatic carbocycles. The van der Waals surface area contributed by atoms with Crippen molar-refractivity contribution in [3.63, 3.8) is 0 Å². The number of benzene rings is 2. The number of amides is 1. The maximum Gasteiger partial charge on any atom is 0.400 e. The van der Waals surface area contributed by atoms with Gasteiger partial charge in [0.05, 0.1) is 43.4 Å². The molecule has 1 saturated heterocycles. The molecule has 2 N–H and O–H groups in total. The summed E-state index contributed by atoms with van der Waals surface area (Å²) in [6, 6.07) is 6.18. The maximum atomic E-state index is 13.4. The monoisotopic (exact) mass is 629 g/mol. The SMILES string of the molecule is CC(C(=O)NCc1ccc(Cl)c(Nc2nc3cc(Cl)c(N4CCCC(C(F)(F)F)C4)cc3n2C)c1Cl)C(F)(F)F. The third-order valence-corrected chi connectivity index (χ3v) is 7.97. The predicted octanol–water partition coefficient (Wildman–Crippen LogP) is 7.87. The molecule has 2 heterocycles. The van der Waals surface area contributed by atoms with Gasteiger partial charge in [0.25, 0.3) is 0 Å². The summed E-state index contributed by atoms with van der Waals surface area (Å²) in [4.78, 5) is 18.0. The van der Waals surface area contributed by atoms with Crippen molar-refractivity contribution in [2.24, 2.45) is 18.9 Å². The van der Waals surface area contributed by atoms with E-state index in [2.05, 4.69) is 15.6 Å². The van der Waals surface area contributed by atoms with Crippen molar-refractivity contribution in [3.05, 3.63) is 44.9 Å². The average Bonchev–Trinajstić information content (AvgIpc) is 3.17. The van der Waals surface area contributed by atoms with E-state index in [1.54, 1.807) is 28.6 Å². The summed E-state index contributed by atoms with van der Waals surface area (Å²) in [7, 11) is 1.68. The van der Waals surface area contributed by atoms with Crippen molar-refractivity contribution in [1.82, 2.24) is 14.9 Å². The first-order valence-electron chi connectivity index (χ1n) is 12.1. The third kappa shape index (κ3) is 6.33. The Labute approximate surface area is 240 Å². The van der Waals surface area contributed by atoms with Crippen LogP contribution in [0.1, 0.15) is 25.3 Å². The molecule has 6 nitrogen and oxygen atoms in total. The van der Waals surface area contributed by atoms with Gasteiger partial charge in [-0.05, 0) is 43.5 Å². The Hall–Kier alpha value is -2.57. The number of hydrogen-bond acceptors (Lipinski definition) is 4. The molecule has 2 atom stereocenters. The van der Waals surface area contributed by atoms with Crippen LogP contribution in [-0.2, 0) is 18.4 Å². The van der Waals surface area contributed by atoms with Gasteiger partial charge in [0.15, 0.2) is 0 Å². The van der Waals surface area contributed by atoms with E-state index >= 15 is 0 Å². The Morgan fingerprint density at radius 1 is 1.12 bits per heavy atom. The number of rotatable bonds is 6. The number of halogens is 9. The van der Waals surface area contributed by atoms with E-state index in [1.807, 2.05) is 0 Å². The molecule has 2 aromatic carbocycles. The second-order valence-corrected chi connectivity index (χ2v) is 10.8. The Morgan fingerprint density at radius 3 is 2.48 bits per heavy atom. The van der Waals surface area contributed by atoms with E-state index in [0.29, 0.717) is 35.2 Å². The lowest BCUT2D eigenvalue weighted by atomic mass is 9.97. The summed E-state index contributed by atoms with van der Waals surface area (Å²) in [5.41, 5.74) is 2.00. The normalized spacial score (nSPS) is 17.3. The molecule has 0 bridgehead atoms. The summed E-state index contributed by atoms with van der Waals surface area (Å²) < 4.78 is 80.2. The van der Waals surface area contributed by atoms with Gasteiger partial charge in [-0.1, -0.05) is 40.9 Å². The Kier molecular flexibility index (Phi) is 8.64. The Balaban J connectivity index is 1.59. The van der Waals surface area contributed by atoms with Crippen LogP contribution in [0.15, 0.2) is 24.3 Å². The molecule has 3 aromatic rings. The Morgan fingerprint density at radius 2 is 1.82 bits per heavy atom. The van der Waals surface area contributed by atoms with Crippen molar-refractivity contribution in [2.75, 3.05) is 23.3 Å². The fourth-order valence-electron chi connectivity index (χ4n) is 4.46. The molecule has 0 radical (unpaired) electrons. The third-order valence-electron chi connectivity index (χ3n) is 6.92. The van der Waals surface area contributed by atoms with E-state index in [-0.39, 0.29) is 46.2 Å². The molecule has 218 valence electrons. The largest absolute Gasteiger partial charge is 0.400 e. The summed E-state index contributed by atoms with van der Waals surface area (Å²) in [5.74, 6) is -4.58. The smallest absolute Gasteiger partial charge is 0.370 e. The number of carbonyl (C=O) groups is 1. The van der Waals surface area contributed by atoms with E-state index < -0.39 is 30.1 Å². The first-order chi connectivity index (χ1) is 18.6. The Bertz CT molecular complexity index is 1420. The second-order valence-electron chi connectivity index (χ2n) is 9.62. The zero-order valence-corrected chi connectivity index (χ0v) is 23.4. The number of aromatic nitrogens is 2. The molecule has 15 heteroatoms. The lowest BCUT2D eigenvalue weighted by Crippen LogP contribution is -2.41. The number of imidazole rings is 1.